The Labute approximate surface area is 376 Å². The van der Waals surface area contributed by atoms with Crippen LogP contribution in [0.15, 0.2) is 54.6 Å². The van der Waals surface area contributed by atoms with Gasteiger partial charge in [0.05, 0.1) is 32.4 Å². The summed E-state index contributed by atoms with van der Waals surface area (Å²) in [6.07, 6.45) is 1.48. The first-order valence-electron chi connectivity index (χ1n) is 21.6. The zero-order valence-electron chi connectivity index (χ0n) is 38.7. The molecule has 2 aromatic rings. The van der Waals surface area contributed by atoms with Crippen LogP contribution in [0, 0.1) is 18.3 Å². The van der Waals surface area contributed by atoms with Gasteiger partial charge in [0, 0.05) is 6.42 Å². The molecule has 2 aromatic carbocycles. The summed E-state index contributed by atoms with van der Waals surface area (Å²) in [5.74, 6) is -6.70. The summed E-state index contributed by atoms with van der Waals surface area (Å²) in [5.41, 5.74) is 6.60. The SMILES string of the molecule is CCCC[C@H](NC(=O)[C@H](CC(C)C)NC(=O)[C@@H](NC(=O)[C@H](Cc1ccccc1C)NC(=O)[C@@H](COCc1ccccc1)NC(=O)[C@H](CO)NC(=O)CN(C)C)C(C)(C)C)C(=O)C(N)=O. The Bertz CT molecular complexity index is 1880. The van der Waals surface area contributed by atoms with Crippen molar-refractivity contribution in [2.45, 2.75) is 123 Å². The lowest BCUT2D eigenvalue weighted by atomic mass is 9.85. The predicted octanol–water partition coefficient (Wildman–Crippen LogP) is 0.554. The van der Waals surface area contributed by atoms with Gasteiger partial charge in [0.15, 0.2) is 0 Å². The Morgan fingerprint density at radius 3 is 1.83 bits per heavy atom. The van der Waals surface area contributed by atoms with E-state index in [9.17, 15) is 43.5 Å². The molecule has 0 heterocycles. The molecule has 9 N–H and O–H groups in total. The molecule has 2 rings (SSSR count). The fraction of sp³-hybridized carbons (Fsp3) is 0.565. The van der Waals surface area contributed by atoms with E-state index in [4.69, 9.17) is 10.5 Å². The van der Waals surface area contributed by atoms with E-state index in [0.29, 0.717) is 18.4 Å². The van der Waals surface area contributed by atoms with E-state index in [2.05, 4.69) is 31.9 Å². The number of ether oxygens (including phenoxy) is 1. The number of amides is 7. The number of nitrogens with two attached hydrogens (primary N) is 1. The molecule has 0 saturated heterocycles. The van der Waals surface area contributed by atoms with Crippen molar-refractivity contribution in [3.05, 3.63) is 71.3 Å². The molecule has 0 bridgehead atoms. The topological polar surface area (TPSA) is 267 Å². The standard InChI is InChI=1S/C46H70N8O10/c1-10-11-21-32(38(57)40(47)58)49-41(59)33(22-28(2)3)51-45(63)39(46(5,6)7)53-42(60)34(23-31-20-16-15-17-29(31)4)50-44(62)36(27-64-26-30-18-13-12-14-19-30)52-43(61)35(25-55)48-37(56)24-54(8)9/h12-20,28,32-36,39,55H,10-11,21-27H2,1-9H3,(H2,47,58)(H,48,56)(H,49,59)(H,50,62)(H,51,63)(H,52,61)(H,53,60)/t32-,33-,34-,35-,36+,39+/m0/s1. The van der Waals surface area contributed by atoms with Crippen LogP contribution in [0.3, 0.4) is 0 Å². The number of nitrogens with zero attached hydrogens (tertiary/aromatic N) is 1. The number of ketones is 1. The van der Waals surface area contributed by atoms with Crippen LogP contribution in [0.4, 0.5) is 0 Å². The van der Waals surface area contributed by atoms with Crippen molar-refractivity contribution in [3.63, 3.8) is 0 Å². The normalized spacial score (nSPS) is 14.2. The zero-order chi connectivity index (χ0) is 48.1. The van der Waals surface area contributed by atoms with Crippen LogP contribution < -0.4 is 37.6 Å². The van der Waals surface area contributed by atoms with Crippen molar-refractivity contribution in [3.8, 4) is 0 Å². The van der Waals surface area contributed by atoms with Crippen LogP contribution in [0.5, 0.6) is 0 Å². The van der Waals surface area contributed by atoms with Gasteiger partial charge in [-0.1, -0.05) is 109 Å². The Balaban J connectivity index is 2.49. The van der Waals surface area contributed by atoms with Crippen LogP contribution in [-0.2, 0) is 56.1 Å². The van der Waals surface area contributed by atoms with E-state index in [1.54, 1.807) is 51.9 Å². The van der Waals surface area contributed by atoms with Crippen molar-refractivity contribution in [1.82, 2.24) is 36.8 Å². The average Bonchev–Trinajstić information content (AvgIpc) is 3.22. The fourth-order valence-electron chi connectivity index (χ4n) is 6.58. The number of nitrogens with one attached hydrogen (secondary N) is 6. The molecule has 0 saturated carbocycles. The molecule has 0 aliphatic heterocycles. The lowest BCUT2D eigenvalue weighted by Gasteiger charge is -2.34. The highest BCUT2D eigenvalue weighted by Crippen LogP contribution is 2.21. The number of carbonyl (C=O) groups is 8. The van der Waals surface area contributed by atoms with E-state index in [0.717, 1.165) is 11.1 Å². The number of aliphatic hydroxyl groups excluding tert-OH is 1. The van der Waals surface area contributed by atoms with Gasteiger partial charge >= 0.3 is 0 Å². The van der Waals surface area contributed by atoms with Gasteiger partial charge in [-0.2, -0.15) is 0 Å². The molecular formula is C46H70N8O10. The maximum absolute atomic E-state index is 14.5. The number of Topliss-reactive ketones (excluding diaryl/α,β-unsaturated/α-hetero) is 1. The largest absolute Gasteiger partial charge is 0.394 e. The molecule has 0 unspecified atom stereocenters. The number of hydrogen-bond donors (Lipinski definition) is 8. The number of aryl methyl sites for hydroxylation is 1. The molecule has 0 radical (unpaired) electrons. The molecule has 18 heteroatoms. The second-order valence-corrected chi connectivity index (χ2v) is 17.7. The van der Waals surface area contributed by atoms with Crippen molar-refractivity contribution in [2.24, 2.45) is 17.1 Å². The summed E-state index contributed by atoms with van der Waals surface area (Å²) < 4.78 is 5.86. The minimum absolute atomic E-state index is 0.0421. The molecule has 64 heavy (non-hydrogen) atoms. The lowest BCUT2D eigenvalue weighted by molar-refractivity contribution is -0.139. The highest BCUT2D eigenvalue weighted by Gasteiger charge is 2.38. The molecule has 354 valence electrons. The van der Waals surface area contributed by atoms with Gasteiger partial charge in [0.1, 0.15) is 30.2 Å². The average molecular weight is 895 g/mol. The number of rotatable bonds is 27. The van der Waals surface area contributed by atoms with Crippen molar-refractivity contribution in [2.75, 3.05) is 33.9 Å². The highest BCUT2D eigenvalue weighted by molar-refractivity contribution is 6.37. The molecule has 0 spiro atoms. The van der Waals surface area contributed by atoms with Crippen molar-refractivity contribution in [1.29, 1.82) is 0 Å². The first-order valence-corrected chi connectivity index (χ1v) is 21.6. The Morgan fingerprint density at radius 1 is 0.719 bits per heavy atom. The van der Waals surface area contributed by atoms with Gasteiger partial charge in [0.2, 0.25) is 41.2 Å². The van der Waals surface area contributed by atoms with Crippen LogP contribution in [0.1, 0.15) is 83.9 Å². The van der Waals surface area contributed by atoms with E-state index in [-0.39, 0.29) is 44.9 Å². The summed E-state index contributed by atoms with van der Waals surface area (Å²) in [4.78, 5) is 109. The zero-order valence-corrected chi connectivity index (χ0v) is 38.7. The Hall–Kier alpha value is -5.72. The highest BCUT2D eigenvalue weighted by atomic mass is 16.5. The first kappa shape index (κ1) is 54.4. The minimum Gasteiger partial charge on any atom is -0.394 e. The smallest absolute Gasteiger partial charge is 0.287 e. The van der Waals surface area contributed by atoms with Gasteiger partial charge in [-0.05, 0) is 61.9 Å². The van der Waals surface area contributed by atoms with Crippen LogP contribution in [0.25, 0.3) is 0 Å². The van der Waals surface area contributed by atoms with Crippen molar-refractivity contribution < 1.29 is 48.2 Å². The second-order valence-electron chi connectivity index (χ2n) is 17.7. The number of aliphatic hydroxyl groups is 1. The van der Waals surface area contributed by atoms with E-state index >= 15 is 0 Å². The van der Waals surface area contributed by atoms with Gasteiger partial charge in [-0.15, -0.1) is 0 Å². The molecule has 0 aliphatic rings. The fourth-order valence-corrected chi connectivity index (χ4v) is 6.58. The number of likely N-dealkylation sites (N-methyl/N-ethyl adjacent to an activating group) is 1. The summed E-state index contributed by atoms with van der Waals surface area (Å²) in [6.45, 7) is 11.4. The number of carbonyl (C=O) groups excluding carboxylic acids is 8. The summed E-state index contributed by atoms with van der Waals surface area (Å²) in [7, 11) is 3.31. The van der Waals surface area contributed by atoms with Gasteiger partial charge in [-0.3, -0.25) is 38.4 Å². The maximum Gasteiger partial charge on any atom is 0.287 e. The van der Waals surface area contributed by atoms with Gasteiger partial charge in [-0.25, -0.2) is 0 Å². The Kier molecular flexibility index (Phi) is 22.8. The van der Waals surface area contributed by atoms with Gasteiger partial charge in [0.25, 0.3) is 5.91 Å². The third-order valence-corrected chi connectivity index (χ3v) is 10.1. The second kappa shape index (κ2) is 26.8. The molecule has 7 amide bonds. The monoisotopic (exact) mass is 895 g/mol. The third-order valence-electron chi connectivity index (χ3n) is 10.1. The maximum atomic E-state index is 14.5. The summed E-state index contributed by atoms with van der Waals surface area (Å²) >= 11 is 0. The molecule has 6 atom stereocenters. The molecule has 18 nitrogen and oxygen atoms in total. The lowest BCUT2D eigenvalue weighted by Crippen LogP contribution is -2.63. The number of hydrogen-bond acceptors (Lipinski definition) is 11. The number of unbranched alkanes of at least 4 members (excludes halogenated alkanes) is 1. The van der Waals surface area contributed by atoms with Crippen LogP contribution >= 0.6 is 0 Å². The first-order chi connectivity index (χ1) is 30.1. The quantitative estimate of drug-likeness (QED) is 0.0575. The number of benzene rings is 2. The van der Waals surface area contributed by atoms with Crippen LogP contribution in [-0.4, -0.2) is 127 Å². The molecular weight excluding hydrogens is 825 g/mol. The van der Waals surface area contributed by atoms with Gasteiger partial charge < -0.3 is 52.4 Å². The Morgan fingerprint density at radius 2 is 1.27 bits per heavy atom. The van der Waals surface area contributed by atoms with Crippen LogP contribution in [0.2, 0.25) is 0 Å². The van der Waals surface area contributed by atoms with E-state index < -0.39 is 95.4 Å². The third kappa shape index (κ3) is 18.9. The molecule has 0 fully saturated rings. The van der Waals surface area contributed by atoms with E-state index in [1.807, 2.05) is 70.2 Å². The summed E-state index contributed by atoms with van der Waals surface area (Å²) in [6, 6.07) is 8.48. The predicted molar refractivity (Wildman–Crippen MR) is 241 cm³/mol. The van der Waals surface area contributed by atoms with Crippen molar-refractivity contribution >= 4 is 47.1 Å². The summed E-state index contributed by atoms with van der Waals surface area (Å²) in [5, 5.41) is 25.9. The molecule has 0 aromatic heterocycles. The molecule has 0 aliphatic carbocycles. The van der Waals surface area contributed by atoms with E-state index in [1.165, 1.54) is 0 Å². The number of primary amides is 1. The minimum atomic E-state index is -1.43.